The van der Waals surface area contributed by atoms with Gasteiger partial charge in [-0.1, -0.05) is 12.1 Å². The third-order valence-corrected chi connectivity index (χ3v) is 8.92. The summed E-state index contributed by atoms with van der Waals surface area (Å²) in [5.74, 6) is 1.09. The number of cyclic esters (lactones) is 1. The van der Waals surface area contributed by atoms with Crippen molar-refractivity contribution < 1.29 is 57.0 Å². The van der Waals surface area contributed by atoms with Crippen molar-refractivity contribution in [3.05, 3.63) is 64.7 Å². The number of carbonyl (C=O) groups is 2. The van der Waals surface area contributed by atoms with E-state index in [1.807, 2.05) is 18.2 Å². The zero-order valence-corrected chi connectivity index (χ0v) is 27.3. The van der Waals surface area contributed by atoms with Crippen molar-refractivity contribution >= 4 is 11.8 Å². The van der Waals surface area contributed by atoms with Gasteiger partial charge in [-0.25, -0.2) is 4.79 Å². The molecule has 1 fully saturated rings. The van der Waals surface area contributed by atoms with Crippen LogP contribution in [0.15, 0.2) is 42.5 Å². The van der Waals surface area contributed by atoms with Crippen molar-refractivity contribution in [3.63, 3.8) is 0 Å². The lowest BCUT2D eigenvalue weighted by atomic mass is 9.91. The minimum absolute atomic E-state index is 0.0715. The molecule has 12 nitrogen and oxygen atoms in total. The molecule has 3 heterocycles. The number of fused-ring (bicyclic) bond motifs is 10. The van der Waals surface area contributed by atoms with Crippen molar-refractivity contribution in [3.8, 4) is 39.9 Å². The number of ketones is 1. The molecule has 47 heavy (non-hydrogen) atoms. The van der Waals surface area contributed by atoms with Crippen molar-refractivity contribution in [2.75, 3.05) is 49.3 Å². The van der Waals surface area contributed by atoms with Crippen LogP contribution in [0.4, 0.5) is 0 Å². The highest BCUT2D eigenvalue weighted by molar-refractivity contribution is 6.03. The largest absolute Gasteiger partial charge is 0.496 e. The van der Waals surface area contributed by atoms with Gasteiger partial charge in [0.1, 0.15) is 77.0 Å². The second-order valence-electron chi connectivity index (χ2n) is 11.4. The molecule has 0 unspecified atom stereocenters. The van der Waals surface area contributed by atoms with Gasteiger partial charge in [-0.2, -0.15) is 0 Å². The first-order valence-corrected chi connectivity index (χ1v) is 15.1. The van der Waals surface area contributed by atoms with E-state index >= 15 is 0 Å². The van der Waals surface area contributed by atoms with Gasteiger partial charge in [0.2, 0.25) is 6.29 Å². The molecular weight excluding hydrogens is 612 g/mol. The van der Waals surface area contributed by atoms with Crippen LogP contribution in [-0.2, 0) is 23.7 Å². The Kier molecular flexibility index (Phi) is 9.29. The molecule has 0 aromatic heterocycles. The van der Waals surface area contributed by atoms with Gasteiger partial charge in [0, 0.05) is 38.5 Å². The van der Waals surface area contributed by atoms with Crippen LogP contribution < -0.4 is 23.7 Å². The molecule has 12 heteroatoms. The minimum Gasteiger partial charge on any atom is -0.496 e. The van der Waals surface area contributed by atoms with Gasteiger partial charge < -0.3 is 47.4 Å². The number of hydrogen-bond acceptors (Lipinski definition) is 12. The Morgan fingerprint density at radius 2 is 1.43 bits per heavy atom. The predicted octanol–water partition coefficient (Wildman–Crippen LogP) is 4.71. The smallest absolute Gasteiger partial charge is 0.342 e. The Bertz CT molecular complexity index is 1670. The lowest BCUT2D eigenvalue weighted by molar-refractivity contribution is -0.291. The number of carbonyl (C=O) groups excluding carboxylic acids is 2. The maximum absolute atomic E-state index is 13.7. The molecule has 3 aromatic rings. The summed E-state index contributed by atoms with van der Waals surface area (Å²) in [6, 6.07) is 12.4. The molecule has 9 bridgehead atoms. The van der Waals surface area contributed by atoms with Crippen LogP contribution in [0, 0.1) is 6.92 Å². The van der Waals surface area contributed by atoms with Gasteiger partial charge >= 0.3 is 5.97 Å². The number of Topliss-reactive ketones (excluding diaryl/α,β-unsaturated/α-hetero) is 1. The predicted molar refractivity (Wildman–Crippen MR) is 167 cm³/mol. The summed E-state index contributed by atoms with van der Waals surface area (Å²) in [6.07, 6.45) is -4.55. The first kappa shape index (κ1) is 32.6. The number of benzene rings is 3. The van der Waals surface area contributed by atoms with Crippen LogP contribution in [-0.4, -0.2) is 91.7 Å². The maximum Gasteiger partial charge on any atom is 0.342 e. The topological polar surface area (TPSA) is 126 Å². The summed E-state index contributed by atoms with van der Waals surface area (Å²) in [4.78, 5) is 27.3. The molecule has 0 amide bonds. The molecule has 3 aromatic carbocycles. The highest BCUT2D eigenvalue weighted by Crippen LogP contribution is 2.47. The summed E-state index contributed by atoms with van der Waals surface area (Å²) >= 11 is 0. The summed E-state index contributed by atoms with van der Waals surface area (Å²) in [5, 5.41) is 0. The maximum atomic E-state index is 13.7. The first-order chi connectivity index (χ1) is 22.8. The van der Waals surface area contributed by atoms with Gasteiger partial charge in [0.15, 0.2) is 5.78 Å². The molecular formula is C35H38O12. The van der Waals surface area contributed by atoms with E-state index in [0.717, 1.165) is 5.56 Å². The fourth-order valence-electron chi connectivity index (χ4n) is 6.55. The molecule has 0 aliphatic carbocycles. The molecule has 1 saturated heterocycles. The molecule has 3 aliphatic heterocycles. The number of methoxy groups -OCH3 is 6. The van der Waals surface area contributed by atoms with Crippen molar-refractivity contribution in [2.24, 2.45) is 0 Å². The van der Waals surface area contributed by atoms with E-state index in [1.54, 1.807) is 38.3 Å². The SMILES string of the molecule is COc1ccc2cc1C(=O)OC[C@H]1O[C@@H](Oc3cc4c(c(OC)c3C)C(=O)C[C@H](O4)c3ccc(OC)c-2c3)[C@H](OC)[C@@H](OC)[C@H]1OC. The lowest BCUT2D eigenvalue weighted by Crippen LogP contribution is -2.62. The van der Waals surface area contributed by atoms with Crippen LogP contribution in [0.5, 0.6) is 28.7 Å². The van der Waals surface area contributed by atoms with Crippen LogP contribution in [0.3, 0.4) is 0 Å². The van der Waals surface area contributed by atoms with Crippen molar-refractivity contribution in [1.29, 1.82) is 0 Å². The normalized spacial score (nSPS) is 25.1. The average Bonchev–Trinajstić information content (AvgIpc) is 3.09. The molecule has 0 N–H and O–H groups in total. The zero-order chi connectivity index (χ0) is 33.4. The van der Waals surface area contributed by atoms with Crippen LogP contribution in [0.2, 0.25) is 0 Å². The standard InChI is InChI=1S/C35H38O12/c1-17-25-15-27-29(30(17)40-4)22(36)14-26(45-27)19-9-11-23(38-2)20(13-19)18-8-10-24(39-3)21(12-18)34(37)44-16-28-31(41-5)32(42-6)33(43-7)35(46-25)47-28/h8-13,15,26,28,31-33,35H,14,16H2,1-7H3/t26-,28+,31-,32-,33+,35+/m0/s1. The highest BCUT2D eigenvalue weighted by Gasteiger charge is 2.49. The quantitative estimate of drug-likeness (QED) is 0.343. The van der Waals surface area contributed by atoms with Gasteiger partial charge in [-0.05, 0) is 42.3 Å². The van der Waals surface area contributed by atoms with E-state index in [9.17, 15) is 9.59 Å². The number of hydrogen-bond donors (Lipinski definition) is 0. The zero-order valence-electron chi connectivity index (χ0n) is 27.3. The fraction of sp³-hybridized carbons (Fsp3) is 0.429. The average molecular weight is 651 g/mol. The van der Waals surface area contributed by atoms with E-state index in [-0.39, 0.29) is 24.4 Å². The van der Waals surface area contributed by atoms with E-state index in [4.69, 9.17) is 47.4 Å². The van der Waals surface area contributed by atoms with E-state index in [1.165, 1.54) is 35.5 Å². The number of esters is 1. The molecule has 0 saturated carbocycles. The Morgan fingerprint density at radius 1 is 0.723 bits per heavy atom. The van der Waals surface area contributed by atoms with Crippen molar-refractivity contribution in [1.82, 2.24) is 0 Å². The second-order valence-corrected chi connectivity index (χ2v) is 11.4. The Morgan fingerprint density at radius 3 is 2.11 bits per heavy atom. The highest BCUT2D eigenvalue weighted by atomic mass is 16.7. The van der Waals surface area contributed by atoms with Gasteiger partial charge in [-0.15, -0.1) is 0 Å². The Balaban J connectivity index is 1.54. The minimum atomic E-state index is -1.04. The summed E-state index contributed by atoms with van der Waals surface area (Å²) in [6.45, 7) is 1.58. The lowest BCUT2D eigenvalue weighted by Gasteiger charge is -2.44. The fourth-order valence-corrected chi connectivity index (χ4v) is 6.55. The first-order valence-electron chi connectivity index (χ1n) is 15.1. The molecule has 6 rings (SSSR count). The number of ether oxygens (including phenoxy) is 10. The third-order valence-electron chi connectivity index (χ3n) is 8.92. The van der Waals surface area contributed by atoms with Gasteiger partial charge in [0.25, 0.3) is 0 Å². The molecule has 250 valence electrons. The summed E-state index contributed by atoms with van der Waals surface area (Å²) < 4.78 is 59.5. The van der Waals surface area contributed by atoms with E-state index in [0.29, 0.717) is 51.0 Å². The van der Waals surface area contributed by atoms with Crippen molar-refractivity contribution in [2.45, 2.75) is 50.2 Å². The second kappa shape index (κ2) is 13.4. The Hall–Kier alpha value is -4.36. The molecule has 0 radical (unpaired) electrons. The van der Waals surface area contributed by atoms with Crippen LogP contribution in [0.1, 0.15) is 44.4 Å². The summed E-state index contributed by atoms with van der Waals surface area (Å²) in [5.41, 5.74) is 3.18. The molecule has 6 atom stereocenters. The Labute approximate surface area is 272 Å². The third kappa shape index (κ3) is 5.75. The van der Waals surface area contributed by atoms with Gasteiger partial charge in [0.05, 0.1) is 27.8 Å². The molecule has 3 aliphatic rings. The van der Waals surface area contributed by atoms with Gasteiger partial charge in [-0.3, -0.25) is 4.79 Å². The molecule has 0 spiro atoms. The van der Waals surface area contributed by atoms with E-state index < -0.39 is 42.8 Å². The summed E-state index contributed by atoms with van der Waals surface area (Å²) in [7, 11) is 9.08. The monoisotopic (exact) mass is 650 g/mol. The van der Waals surface area contributed by atoms with Crippen LogP contribution in [0.25, 0.3) is 11.1 Å². The van der Waals surface area contributed by atoms with Crippen LogP contribution >= 0.6 is 0 Å². The number of rotatable bonds is 6. The van der Waals surface area contributed by atoms with E-state index in [2.05, 4.69) is 0 Å².